The van der Waals surface area contributed by atoms with E-state index in [2.05, 4.69) is 0 Å². The zero-order chi connectivity index (χ0) is 12.7. The number of cyclic esters (lactones) is 1. The van der Waals surface area contributed by atoms with Crippen LogP contribution in [0, 0.1) is 0 Å². The van der Waals surface area contributed by atoms with Crippen molar-refractivity contribution in [3.8, 4) is 11.5 Å². The van der Waals surface area contributed by atoms with Gasteiger partial charge in [0.1, 0.15) is 16.7 Å². The highest BCUT2D eigenvalue weighted by atomic mass is 35.5. The van der Waals surface area contributed by atoms with Crippen LogP contribution in [0.5, 0.6) is 11.5 Å². The summed E-state index contributed by atoms with van der Waals surface area (Å²) in [6, 6.07) is 0. The highest BCUT2D eigenvalue weighted by molar-refractivity contribution is 6.39. The fraction of sp³-hybridized carbons (Fsp3) is 0.364. The predicted octanol–water partition coefficient (Wildman–Crippen LogP) is 2.81. The van der Waals surface area contributed by atoms with Crippen LogP contribution < -0.4 is 4.74 Å². The van der Waals surface area contributed by atoms with E-state index in [1.54, 1.807) is 6.92 Å². The van der Waals surface area contributed by atoms with Gasteiger partial charge in [-0.25, -0.2) is 4.79 Å². The molecule has 17 heavy (non-hydrogen) atoms. The van der Waals surface area contributed by atoms with Crippen LogP contribution in [-0.2, 0) is 11.2 Å². The van der Waals surface area contributed by atoms with Gasteiger partial charge in [-0.3, -0.25) is 0 Å². The molecule has 6 heteroatoms. The van der Waals surface area contributed by atoms with E-state index >= 15 is 0 Å². The Morgan fingerprint density at radius 1 is 1.41 bits per heavy atom. The maximum atomic E-state index is 11.7. The van der Waals surface area contributed by atoms with Gasteiger partial charge in [0.25, 0.3) is 0 Å². The molecule has 4 nitrogen and oxygen atoms in total. The molecule has 1 atom stereocenters. The quantitative estimate of drug-likeness (QED) is 0.802. The number of rotatable bonds is 1. The topological polar surface area (TPSA) is 55.8 Å². The third-order valence-corrected chi connectivity index (χ3v) is 3.37. The van der Waals surface area contributed by atoms with Gasteiger partial charge in [-0.05, 0) is 12.5 Å². The lowest BCUT2D eigenvalue weighted by Crippen LogP contribution is -2.25. The number of hydrogen-bond donors (Lipinski definition) is 1. The molecule has 0 aliphatic carbocycles. The van der Waals surface area contributed by atoms with Crippen LogP contribution in [0.25, 0.3) is 0 Å². The molecule has 0 radical (unpaired) electrons. The molecule has 0 spiro atoms. The Labute approximate surface area is 108 Å². The molecule has 1 aliphatic rings. The second kappa shape index (κ2) is 4.27. The summed E-state index contributed by atoms with van der Waals surface area (Å²) < 4.78 is 10.0. The number of carbonyl (C=O) groups excluding carboxylic acids is 1. The Bertz CT molecular complexity index is 499. The summed E-state index contributed by atoms with van der Waals surface area (Å²) in [5, 5.41) is 10.0. The Hall–Kier alpha value is -1.13. The number of phenolic OH excluding ortho intramolecular Hbond substituents is 1. The summed E-state index contributed by atoms with van der Waals surface area (Å²) in [6.45, 7) is 1.75. The van der Waals surface area contributed by atoms with Crippen LogP contribution >= 0.6 is 23.2 Å². The van der Waals surface area contributed by atoms with E-state index < -0.39 is 5.97 Å². The van der Waals surface area contributed by atoms with Crippen molar-refractivity contribution in [3.63, 3.8) is 0 Å². The Morgan fingerprint density at radius 3 is 2.65 bits per heavy atom. The number of methoxy groups -OCH3 is 1. The van der Waals surface area contributed by atoms with Crippen LogP contribution in [0.15, 0.2) is 0 Å². The van der Waals surface area contributed by atoms with Crippen LogP contribution in [0.4, 0.5) is 0 Å². The number of benzene rings is 1. The normalized spacial score (nSPS) is 18.6. The molecule has 0 saturated heterocycles. The lowest BCUT2D eigenvalue weighted by Gasteiger charge is -2.24. The fourth-order valence-electron chi connectivity index (χ4n) is 1.86. The lowest BCUT2D eigenvalue weighted by molar-refractivity contribution is 0.0297. The molecule has 1 aromatic carbocycles. The van der Waals surface area contributed by atoms with Crippen molar-refractivity contribution in [1.82, 2.24) is 0 Å². The van der Waals surface area contributed by atoms with E-state index in [1.165, 1.54) is 7.11 Å². The van der Waals surface area contributed by atoms with Crippen molar-refractivity contribution in [1.29, 1.82) is 0 Å². The summed E-state index contributed by atoms with van der Waals surface area (Å²) in [7, 11) is 1.39. The highest BCUT2D eigenvalue weighted by Gasteiger charge is 2.33. The smallest absolute Gasteiger partial charge is 0.342 e. The van der Waals surface area contributed by atoms with Crippen LogP contribution in [0.2, 0.25) is 10.0 Å². The van der Waals surface area contributed by atoms with E-state index in [1.807, 2.05) is 0 Å². The number of carbonyl (C=O) groups is 1. The molecular weight excluding hydrogens is 267 g/mol. The van der Waals surface area contributed by atoms with Crippen molar-refractivity contribution in [2.45, 2.75) is 19.4 Å². The van der Waals surface area contributed by atoms with Gasteiger partial charge in [-0.2, -0.15) is 0 Å². The SMILES string of the molecule is COc1c(Cl)c(O)c2c(c1Cl)CC(C)OC2=O. The van der Waals surface area contributed by atoms with Gasteiger partial charge in [0, 0.05) is 6.42 Å². The zero-order valence-electron chi connectivity index (χ0n) is 9.21. The summed E-state index contributed by atoms with van der Waals surface area (Å²) >= 11 is 12.0. The van der Waals surface area contributed by atoms with Gasteiger partial charge < -0.3 is 14.6 Å². The van der Waals surface area contributed by atoms with Crippen LogP contribution in [0.3, 0.4) is 0 Å². The van der Waals surface area contributed by atoms with Gasteiger partial charge in [-0.1, -0.05) is 23.2 Å². The third-order valence-electron chi connectivity index (χ3n) is 2.62. The standard InChI is InChI=1S/C11H10Cl2O4/c1-4-3-5-6(11(15)17-4)9(14)8(13)10(16-2)7(5)12/h4,14H,3H2,1-2H3. The monoisotopic (exact) mass is 276 g/mol. The van der Waals surface area contributed by atoms with E-state index in [4.69, 9.17) is 32.7 Å². The molecule has 0 fully saturated rings. The number of ether oxygens (including phenoxy) is 2. The van der Waals surface area contributed by atoms with Crippen LogP contribution in [-0.4, -0.2) is 24.3 Å². The minimum atomic E-state index is -0.622. The average molecular weight is 277 g/mol. The molecule has 1 unspecified atom stereocenters. The molecular formula is C11H10Cl2O4. The first-order valence-electron chi connectivity index (χ1n) is 4.95. The number of fused-ring (bicyclic) bond motifs is 1. The Morgan fingerprint density at radius 2 is 2.06 bits per heavy atom. The van der Waals surface area contributed by atoms with E-state index in [9.17, 15) is 9.90 Å². The summed E-state index contributed by atoms with van der Waals surface area (Å²) in [5.41, 5.74) is 0.535. The van der Waals surface area contributed by atoms with E-state index in [0.29, 0.717) is 12.0 Å². The lowest BCUT2D eigenvalue weighted by atomic mass is 9.97. The number of halogens is 2. The molecule has 1 aromatic rings. The summed E-state index contributed by atoms with van der Waals surface area (Å²) in [5.74, 6) is -0.797. The van der Waals surface area contributed by atoms with Crippen LogP contribution in [0.1, 0.15) is 22.8 Å². The van der Waals surface area contributed by atoms with E-state index in [0.717, 1.165) is 0 Å². The third kappa shape index (κ3) is 1.81. The molecule has 1 aliphatic heterocycles. The van der Waals surface area contributed by atoms with Gasteiger partial charge >= 0.3 is 5.97 Å². The second-order valence-corrected chi connectivity index (χ2v) is 4.54. The number of phenols is 1. The Kier molecular flexibility index (Phi) is 3.10. The highest BCUT2D eigenvalue weighted by Crippen LogP contribution is 2.46. The number of esters is 1. The molecule has 0 bridgehead atoms. The maximum absolute atomic E-state index is 11.7. The maximum Gasteiger partial charge on any atom is 0.342 e. The first kappa shape index (κ1) is 12.3. The summed E-state index contributed by atoms with van der Waals surface area (Å²) in [6.07, 6.45) is 0.124. The zero-order valence-corrected chi connectivity index (χ0v) is 10.7. The van der Waals surface area contributed by atoms with Gasteiger partial charge in [0.05, 0.1) is 12.1 Å². The van der Waals surface area contributed by atoms with Crippen molar-refractivity contribution in [3.05, 3.63) is 21.2 Å². The molecule has 1 N–H and O–H groups in total. The minimum absolute atomic E-state index is 0.0268. The first-order chi connectivity index (χ1) is 7.97. The van der Waals surface area contributed by atoms with Crippen molar-refractivity contribution in [2.24, 2.45) is 0 Å². The largest absolute Gasteiger partial charge is 0.505 e. The van der Waals surface area contributed by atoms with Gasteiger partial charge in [0.15, 0.2) is 11.5 Å². The molecule has 92 valence electrons. The second-order valence-electron chi connectivity index (χ2n) is 3.78. The minimum Gasteiger partial charge on any atom is -0.505 e. The van der Waals surface area contributed by atoms with Crippen molar-refractivity contribution < 1.29 is 19.4 Å². The Balaban J connectivity index is 2.75. The number of aromatic hydroxyl groups is 1. The van der Waals surface area contributed by atoms with E-state index in [-0.39, 0.29) is 33.2 Å². The van der Waals surface area contributed by atoms with Gasteiger partial charge in [-0.15, -0.1) is 0 Å². The number of hydrogen-bond acceptors (Lipinski definition) is 4. The van der Waals surface area contributed by atoms with Gasteiger partial charge in [0.2, 0.25) is 0 Å². The van der Waals surface area contributed by atoms with Crippen molar-refractivity contribution in [2.75, 3.05) is 7.11 Å². The average Bonchev–Trinajstić information content (AvgIpc) is 2.26. The van der Waals surface area contributed by atoms with Crippen molar-refractivity contribution >= 4 is 29.2 Å². The predicted molar refractivity (Wildman–Crippen MR) is 63.3 cm³/mol. The molecule has 0 amide bonds. The summed E-state index contributed by atoms with van der Waals surface area (Å²) in [4.78, 5) is 11.7. The molecule has 0 saturated carbocycles. The molecule has 0 aromatic heterocycles. The fourth-order valence-corrected chi connectivity index (χ4v) is 2.52. The molecule has 1 heterocycles. The molecule has 2 rings (SSSR count). The first-order valence-corrected chi connectivity index (χ1v) is 5.70.